The van der Waals surface area contributed by atoms with E-state index in [1.807, 2.05) is 0 Å². The molecule has 1 heterocycles. The van der Waals surface area contributed by atoms with E-state index in [1.54, 1.807) is 19.1 Å². The first-order chi connectivity index (χ1) is 11.9. The quantitative estimate of drug-likeness (QED) is 0.521. The van der Waals surface area contributed by atoms with Crippen LogP contribution in [0.3, 0.4) is 0 Å². The Labute approximate surface area is 142 Å². The van der Waals surface area contributed by atoms with Gasteiger partial charge in [0.15, 0.2) is 0 Å². The fraction of sp³-hybridized carbons (Fsp3) is 0.118. The predicted octanol–water partition coefficient (Wildman–Crippen LogP) is 2.14. The van der Waals surface area contributed by atoms with Crippen LogP contribution in [-0.4, -0.2) is 34.1 Å². The fourth-order valence-electron chi connectivity index (χ4n) is 2.62. The van der Waals surface area contributed by atoms with Crippen molar-refractivity contribution < 1.29 is 19.3 Å². The summed E-state index contributed by atoms with van der Waals surface area (Å²) in [4.78, 5) is 47.7. The predicted molar refractivity (Wildman–Crippen MR) is 88.3 cm³/mol. The molecule has 0 aliphatic carbocycles. The highest BCUT2D eigenvalue weighted by Gasteiger charge is 2.36. The van der Waals surface area contributed by atoms with Crippen molar-refractivity contribution in [2.75, 3.05) is 11.9 Å². The molecule has 1 aliphatic heterocycles. The van der Waals surface area contributed by atoms with Gasteiger partial charge in [-0.15, -0.1) is 0 Å². The Morgan fingerprint density at radius 1 is 1.12 bits per heavy atom. The van der Waals surface area contributed by atoms with Crippen molar-refractivity contribution in [1.29, 1.82) is 0 Å². The molecular formula is C17H13N3O5. The molecule has 1 aliphatic rings. The molecule has 0 saturated heterocycles. The average Bonchev–Trinajstić information content (AvgIpc) is 2.82. The van der Waals surface area contributed by atoms with Gasteiger partial charge in [0, 0.05) is 17.8 Å². The van der Waals surface area contributed by atoms with E-state index >= 15 is 0 Å². The number of hydrogen-bond donors (Lipinski definition) is 1. The van der Waals surface area contributed by atoms with Gasteiger partial charge in [-0.05, 0) is 30.7 Å². The SMILES string of the molecule is Cc1cc([N+](=O)[O-])ccc1NC(=O)CN1C(=O)c2ccccc2C1=O. The van der Waals surface area contributed by atoms with Crippen LogP contribution in [-0.2, 0) is 4.79 Å². The van der Waals surface area contributed by atoms with E-state index < -0.39 is 29.2 Å². The van der Waals surface area contributed by atoms with Gasteiger partial charge in [-0.2, -0.15) is 0 Å². The lowest BCUT2D eigenvalue weighted by molar-refractivity contribution is -0.384. The van der Waals surface area contributed by atoms with Gasteiger partial charge < -0.3 is 5.32 Å². The summed E-state index contributed by atoms with van der Waals surface area (Å²) >= 11 is 0. The molecule has 0 fully saturated rings. The van der Waals surface area contributed by atoms with Gasteiger partial charge in [-0.25, -0.2) is 0 Å². The lowest BCUT2D eigenvalue weighted by Crippen LogP contribution is -2.37. The Morgan fingerprint density at radius 2 is 1.72 bits per heavy atom. The summed E-state index contributed by atoms with van der Waals surface area (Å²) in [5.41, 5.74) is 1.34. The minimum Gasteiger partial charge on any atom is -0.324 e. The van der Waals surface area contributed by atoms with E-state index in [4.69, 9.17) is 0 Å². The molecule has 2 aromatic carbocycles. The first-order valence-electron chi connectivity index (χ1n) is 7.38. The number of amides is 3. The Hall–Kier alpha value is -3.55. The number of anilines is 1. The molecule has 0 unspecified atom stereocenters. The third-order valence-electron chi connectivity index (χ3n) is 3.87. The number of carbonyl (C=O) groups excluding carboxylic acids is 3. The van der Waals surface area contributed by atoms with Gasteiger partial charge >= 0.3 is 0 Å². The minimum atomic E-state index is -0.563. The van der Waals surface area contributed by atoms with Gasteiger partial charge in [0.05, 0.1) is 16.1 Å². The van der Waals surface area contributed by atoms with Gasteiger partial charge in [0.1, 0.15) is 6.54 Å². The summed E-state index contributed by atoms with van der Waals surface area (Å²) in [5, 5.41) is 13.3. The summed E-state index contributed by atoms with van der Waals surface area (Å²) in [6.45, 7) is 1.19. The molecule has 0 aromatic heterocycles. The number of nitro groups is 1. The van der Waals surface area contributed by atoms with Crippen molar-refractivity contribution in [3.63, 3.8) is 0 Å². The Balaban J connectivity index is 1.73. The molecule has 25 heavy (non-hydrogen) atoms. The first-order valence-corrected chi connectivity index (χ1v) is 7.38. The van der Waals surface area contributed by atoms with Gasteiger partial charge in [-0.3, -0.25) is 29.4 Å². The van der Waals surface area contributed by atoms with Crippen LogP contribution in [0.25, 0.3) is 0 Å². The molecule has 8 heteroatoms. The zero-order valence-electron chi connectivity index (χ0n) is 13.2. The fourth-order valence-corrected chi connectivity index (χ4v) is 2.62. The van der Waals surface area contributed by atoms with Gasteiger partial charge in [0.2, 0.25) is 5.91 Å². The summed E-state index contributed by atoms with van der Waals surface area (Å²) in [6, 6.07) is 10.4. The average molecular weight is 339 g/mol. The standard InChI is InChI=1S/C17H13N3O5/c1-10-8-11(20(24)25)6-7-14(10)18-15(21)9-19-16(22)12-4-2-3-5-13(12)17(19)23/h2-8H,9H2,1H3,(H,18,21). The normalized spacial score (nSPS) is 12.9. The van der Waals surface area contributed by atoms with E-state index in [1.165, 1.54) is 30.3 Å². The van der Waals surface area contributed by atoms with Crippen molar-refractivity contribution in [1.82, 2.24) is 4.90 Å². The van der Waals surface area contributed by atoms with Crippen LogP contribution >= 0.6 is 0 Å². The number of aryl methyl sites for hydroxylation is 1. The number of imide groups is 1. The van der Waals surface area contributed by atoms with Crippen LogP contribution in [0, 0.1) is 17.0 Å². The number of hydrogen-bond acceptors (Lipinski definition) is 5. The molecule has 1 N–H and O–H groups in total. The number of benzene rings is 2. The first kappa shape index (κ1) is 16.3. The monoisotopic (exact) mass is 339 g/mol. The third-order valence-corrected chi connectivity index (χ3v) is 3.87. The number of nitrogens with zero attached hydrogens (tertiary/aromatic N) is 2. The molecule has 0 bridgehead atoms. The number of nitro benzene ring substituents is 1. The molecule has 2 aromatic rings. The Morgan fingerprint density at radius 3 is 2.24 bits per heavy atom. The number of rotatable bonds is 4. The molecule has 126 valence electrons. The zero-order valence-corrected chi connectivity index (χ0v) is 13.2. The van der Waals surface area contributed by atoms with Crippen LogP contribution in [0.15, 0.2) is 42.5 Å². The van der Waals surface area contributed by atoms with Gasteiger partial charge in [0.25, 0.3) is 17.5 Å². The van der Waals surface area contributed by atoms with E-state index in [2.05, 4.69) is 5.32 Å². The maximum atomic E-state index is 12.2. The minimum absolute atomic E-state index is 0.0872. The molecule has 3 amide bonds. The van der Waals surface area contributed by atoms with E-state index in [0.29, 0.717) is 11.3 Å². The summed E-state index contributed by atoms with van der Waals surface area (Å²) in [5.74, 6) is -1.60. The van der Waals surface area contributed by atoms with Crippen molar-refractivity contribution in [2.24, 2.45) is 0 Å². The smallest absolute Gasteiger partial charge is 0.269 e. The third kappa shape index (κ3) is 2.97. The second-order valence-electron chi connectivity index (χ2n) is 5.55. The molecule has 3 rings (SSSR count). The maximum Gasteiger partial charge on any atom is 0.269 e. The zero-order chi connectivity index (χ0) is 18.1. The highest BCUT2D eigenvalue weighted by Crippen LogP contribution is 2.23. The van der Waals surface area contributed by atoms with E-state index in [9.17, 15) is 24.5 Å². The van der Waals surface area contributed by atoms with Crippen LogP contribution in [0.5, 0.6) is 0 Å². The van der Waals surface area contributed by atoms with Crippen molar-refractivity contribution in [3.8, 4) is 0 Å². The summed E-state index contributed by atoms with van der Waals surface area (Å²) < 4.78 is 0. The number of fused-ring (bicyclic) bond motifs is 1. The molecule has 8 nitrogen and oxygen atoms in total. The lowest BCUT2D eigenvalue weighted by Gasteiger charge is -2.14. The number of nitrogens with one attached hydrogen (secondary N) is 1. The highest BCUT2D eigenvalue weighted by molar-refractivity contribution is 6.22. The van der Waals surface area contributed by atoms with E-state index in [-0.39, 0.29) is 16.8 Å². The summed E-state index contributed by atoms with van der Waals surface area (Å²) in [7, 11) is 0. The summed E-state index contributed by atoms with van der Waals surface area (Å²) in [6.07, 6.45) is 0. The van der Waals surface area contributed by atoms with Crippen LogP contribution in [0.2, 0.25) is 0 Å². The highest BCUT2D eigenvalue weighted by atomic mass is 16.6. The second kappa shape index (κ2) is 6.16. The second-order valence-corrected chi connectivity index (χ2v) is 5.55. The number of non-ortho nitro benzene ring substituents is 1. The largest absolute Gasteiger partial charge is 0.324 e. The van der Waals surface area contributed by atoms with Crippen LogP contribution in [0.4, 0.5) is 11.4 Å². The van der Waals surface area contributed by atoms with E-state index in [0.717, 1.165) is 4.90 Å². The lowest BCUT2D eigenvalue weighted by atomic mass is 10.1. The van der Waals surface area contributed by atoms with Crippen molar-refractivity contribution >= 4 is 29.1 Å². The molecular weight excluding hydrogens is 326 g/mol. The van der Waals surface area contributed by atoms with Crippen LogP contribution < -0.4 is 5.32 Å². The van der Waals surface area contributed by atoms with Gasteiger partial charge in [-0.1, -0.05) is 12.1 Å². The van der Waals surface area contributed by atoms with Crippen LogP contribution in [0.1, 0.15) is 26.3 Å². The molecule has 0 radical (unpaired) electrons. The van der Waals surface area contributed by atoms with Crippen molar-refractivity contribution in [3.05, 3.63) is 69.3 Å². The Bertz CT molecular complexity index is 887. The molecule has 0 atom stereocenters. The topological polar surface area (TPSA) is 110 Å². The molecule has 0 spiro atoms. The molecule has 0 saturated carbocycles. The Kier molecular flexibility index (Phi) is 4.02. The maximum absolute atomic E-state index is 12.2. The number of carbonyl (C=O) groups is 3. The van der Waals surface area contributed by atoms with Crippen molar-refractivity contribution in [2.45, 2.75) is 6.92 Å².